The topological polar surface area (TPSA) is 133 Å². The minimum Gasteiger partial charge on any atom is -0.495 e. The van der Waals surface area contributed by atoms with Gasteiger partial charge in [0.15, 0.2) is 0 Å². The Kier molecular flexibility index (Phi) is 11.0. The van der Waals surface area contributed by atoms with Crippen LogP contribution >= 0.6 is 11.3 Å². The van der Waals surface area contributed by atoms with Crippen LogP contribution in [0.4, 0.5) is 17.1 Å². The van der Waals surface area contributed by atoms with Gasteiger partial charge in [-0.1, -0.05) is 30.3 Å². The molecule has 3 heterocycles. The fourth-order valence-electron chi connectivity index (χ4n) is 6.21. The summed E-state index contributed by atoms with van der Waals surface area (Å²) in [7, 11) is 3.51. The highest BCUT2D eigenvalue weighted by atomic mass is 32.1. The number of methoxy groups -OCH3 is 1. The van der Waals surface area contributed by atoms with E-state index in [-0.39, 0.29) is 18.0 Å². The number of pyridine rings is 2. The lowest BCUT2D eigenvalue weighted by atomic mass is 10.1. The van der Waals surface area contributed by atoms with Crippen LogP contribution < -0.4 is 20.3 Å². The van der Waals surface area contributed by atoms with Crippen LogP contribution in [0.1, 0.15) is 21.7 Å². The molecule has 3 aromatic heterocycles. The first kappa shape index (κ1) is 36.0. The molecule has 0 aliphatic rings. The van der Waals surface area contributed by atoms with Crippen LogP contribution in [-0.2, 0) is 17.9 Å². The van der Waals surface area contributed by atoms with E-state index in [9.17, 15) is 14.7 Å². The normalized spacial score (nSPS) is 11.2. The van der Waals surface area contributed by atoms with Crippen LogP contribution in [-0.4, -0.2) is 70.6 Å². The third-order valence-electron chi connectivity index (χ3n) is 8.98. The molecule has 0 saturated heterocycles. The number of anilines is 3. The number of likely N-dealkylation sites (N-methyl/N-ethyl adjacent to an activating group) is 1. The zero-order chi connectivity index (χ0) is 37.4. The number of rotatable bonds is 15. The van der Waals surface area contributed by atoms with Crippen molar-refractivity contribution >= 4 is 61.3 Å². The van der Waals surface area contributed by atoms with Crippen molar-refractivity contribution < 1.29 is 19.4 Å². The van der Waals surface area contributed by atoms with Gasteiger partial charge >= 0.3 is 5.97 Å². The van der Waals surface area contributed by atoms with Crippen LogP contribution in [0.2, 0.25) is 0 Å². The average molecular weight is 738 g/mol. The van der Waals surface area contributed by atoms with Gasteiger partial charge in [-0.2, -0.15) is 0 Å². The molecule has 0 saturated carbocycles. The number of amides is 1. The fraction of sp³-hybridized carbons (Fsp3) is 0.167. The number of hydrogen-bond acceptors (Lipinski definition) is 10. The lowest BCUT2D eigenvalue weighted by molar-refractivity contribution is -0.114. The molecular formula is C42H39N7O4S. The van der Waals surface area contributed by atoms with E-state index in [0.717, 1.165) is 60.9 Å². The number of ether oxygens (including phenoxy) is 1. The van der Waals surface area contributed by atoms with Crippen LogP contribution in [0.15, 0.2) is 122 Å². The summed E-state index contributed by atoms with van der Waals surface area (Å²) >= 11 is 1.47. The van der Waals surface area contributed by atoms with Gasteiger partial charge in [0.2, 0.25) is 5.91 Å². The molecule has 0 aliphatic carbocycles. The molecule has 0 spiro atoms. The Morgan fingerprint density at radius 2 is 1.57 bits per heavy atom. The molecule has 54 heavy (non-hydrogen) atoms. The minimum atomic E-state index is -0.956. The smallest absolute Gasteiger partial charge is 0.335 e. The molecule has 0 bridgehead atoms. The highest BCUT2D eigenvalue weighted by Crippen LogP contribution is 2.33. The monoisotopic (exact) mass is 737 g/mol. The standard InChI is InChI=1S/C42H39N7O4S/c1-48(35-14-11-28-21-30(10-9-29(28)22-35)41-47-37-15-12-31(42(51)52)23-39(37)54-41)27-40(50)46-32-13-16-36(38(24-32)53-2)45-19-20-49(25-33-7-3-5-17-43-33)26-34-8-4-6-18-44-34/h3-18,21-24,45H,19-20,25-27H2,1-2H3,(H,46,50)(H,51,52). The number of benzene rings is 4. The Labute approximate surface area is 316 Å². The summed E-state index contributed by atoms with van der Waals surface area (Å²) < 4.78 is 6.52. The van der Waals surface area contributed by atoms with Gasteiger partial charge in [-0.15, -0.1) is 11.3 Å². The van der Waals surface area contributed by atoms with Crippen molar-refractivity contribution in [2.24, 2.45) is 0 Å². The Morgan fingerprint density at radius 1 is 0.833 bits per heavy atom. The number of carbonyl (C=O) groups excluding carboxylic acids is 1. The van der Waals surface area contributed by atoms with E-state index in [1.807, 2.05) is 103 Å². The summed E-state index contributed by atoms with van der Waals surface area (Å²) in [5.41, 5.74) is 6.35. The molecule has 0 fully saturated rings. The van der Waals surface area contributed by atoms with Gasteiger partial charge in [0.05, 0.1) is 46.5 Å². The Bertz CT molecular complexity index is 2360. The largest absolute Gasteiger partial charge is 0.495 e. The van der Waals surface area contributed by atoms with Crippen molar-refractivity contribution in [3.05, 3.63) is 139 Å². The van der Waals surface area contributed by atoms with Gasteiger partial charge in [0.1, 0.15) is 10.8 Å². The molecule has 0 unspecified atom stereocenters. The first-order valence-corrected chi connectivity index (χ1v) is 18.3. The predicted octanol–water partition coefficient (Wildman–Crippen LogP) is 7.80. The number of thiazole rings is 1. The quantitative estimate of drug-likeness (QED) is 0.0958. The van der Waals surface area contributed by atoms with Crippen molar-refractivity contribution in [3.8, 4) is 16.3 Å². The lowest BCUT2D eigenvalue weighted by Gasteiger charge is -2.22. The van der Waals surface area contributed by atoms with E-state index >= 15 is 0 Å². The molecule has 7 aromatic rings. The first-order chi connectivity index (χ1) is 26.3. The third kappa shape index (κ3) is 8.80. The number of carbonyl (C=O) groups is 2. The van der Waals surface area contributed by atoms with Crippen molar-refractivity contribution in [3.63, 3.8) is 0 Å². The molecule has 0 aliphatic heterocycles. The average Bonchev–Trinajstić information content (AvgIpc) is 3.62. The second-order valence-corrected chi connectivity index (χ2v) is 13.9. The van der Waals surface area contributed by atoms with Gasteiger partial charge < -0.3 is 25.4 Å². The maximum Gasteiger partial charge on any atom is 0.335 e. The zero-order valence-electron chi connectivity index (χ0n) is 29.9. The summed E-state index contributed by atoms with van der Waals surface area (Å²) in [6, 6.07) is 34.7. The molecule has 0 atom stereocenters. The number of nitrogens with zero attached hydrogens (tertiary/aromatic N) is 5. The number of carboxylic acids is 1. The molecule has 12 heteroatoms. The number of hydrogen-bond donors (Lipinski definition) is 3. The van der Waals surface area contributed by atoms with E-state index in [1.54, 1.807) is 25.3 Å². The number of nitrogens with one attached hydrogen (secondary N) is 2. The Balaban J connectivity index is 0.951. The Hall–Kier alpha value is -6.37. The third-order valence-corrected chi connectivity index (χ3v) is 10.0. The summed E-state index contributed by atoms with van der Waals surface area (Å²) in [5.74, 6) is -0.479. The van der Waals surface area contributed by atoms with E-state index in [2.05, 4.69) is 37.6 Å². The van der Waals surface area contributed by atoms with Crippen LogP contribution in [0.5, 0.6) is 5.75 Å². The van der Waals surface area contributed by atoms with Crippen molar-refractivity contribution in [2.45, 2.75) is 13.1 Å². The minimum absolute atomic E-state index is 0.151. The molecule has 7 rings (SSSR count). The molecule has 272 valence electrons. The van der Waals surface area contributed by atoms with Gasteiger partial charge in [-0.05, 0) is 83.6 Å². The summed E-state index contributed by atoms with van der Waals surface area (Å²) in [5, 5.41) is 18.7. The lowest BCUT2D eigenvalue weighted by Crippen LogP contribution is -2.30. The summed E-state index contributed by atoms with van der Waals surface area (Å²) in [4.78, 5) is 42.5. The van der Waals surface area contributed by atoms with Gasteiger partial charge in [-0.25, -0.2) is 9.78 Å². The van der Waals surface area contributed by atoms with E-state index in [4.69, 9.17) is 9.72 Å². The molecule has 1 amide bonds. The maximum absolute atomic E-state index is 13.2. The highest BCUT2D eigenvalue weighted by Gasteiger charge is 2.14. The van der Waals surface area contributed by atoms with Crippen LogP contribution in [0.3, 0.4) is 0 Å². The van der Waals surface area contributed by atoms with E-state index in [0.29, 0.717) is 31.1 Å². The van der Waals surface area contributed by atoms with Gasteiger partial charge in [0.25, 0.3) is 0 Å². The number of carboxylic acid groups (broad SMARTS) is 1. The summed E-state index contributed by atoms with van der Waals surface area (Å²) in [6.45, 7) is 2.95. The van der Waals surface area contributed by atoms with Crippen LogP contribution in [0.25, 0.3) is 31.6 Å². The molecule has 0 radical (unpaired) electrons. The molecule has 11 nitrogen and oxygen atoms in total. The summed E-state index contributed by atoms with van der Waals surface area (Å²) in [6.07, 6.45) is 3.62. The Morgan fingerprint density at radius 3 is 2.28 bits per heavy atom. The van der Waals surface area contributed by atoms with Crippen molar-refractivity contribution in [2.75, 3.05) is 49.3 Å². The number of aromatic carboxylic acids is 1. The molecule has 4 aromatic carbocycles. The highest BCUT2D eigenvalue weighted by molar-refractivity contribution is 7.21. The molecule has 3 N–H and O–H groups in total. The second kappa shape index (κ2) is 16.5. The van der Waals surface area contributed by atoms with Gasteiger partial charge in [-0.3, -0.25) is 19.7 Å². The van der Waals surface area contributed by atoms with Crippen molar-refractivity contribution in [1.29, 1.82) is 0 Å². The maximum atomic E-state index is 13.2. The number of aromatic nitrogens is 3. The molecular weight excluding hydrogens is 699 g/mol. The van der Waals surface area contributed by atoms with Gasteiger partial charge in [0, 0.05) is 68.6 Å². The van der Waals surface area contributed by atoms with E-state index < -0.39 is 5.97 Å². The van der Waals surface area contributed by atoms with Crippen molar-refractivity contribution in [1.82, 2.24) is 19.9 Å². The van der Waals surface area contributed by atoms with E-state index in [1.165, 1.54) is 11.3 Å². The zero-order valence-corrected chi connectivity index (χ0v) is 30.7. The van der Waals surface area contributed by atoms with Crippen LogP contribution in [0, 0.1) is 0 Å². The number of fused-ring (bicyclic) bond motifs is 2. The SMILES string of the molecule is COc1cc(NC(=O)CN(C)c2ccc3cc(-c4nc5ccc(C(=O)O)cc5s4)ccc3c2)ccc1NCCN(Cc1ccccn1)Cc1ccccn1. The fourth-order valence-corrected chi connectivity index (χ4v) is 7.21. The first-order valence-electron chi connectivity index (χ1n) is 17.4. The second-order valence-electron chi connectivity index (χ2n) is 12.9. The predicted molar refractivity (Wildman–Crippen MR) is 215 cm³/mol.